The molecule has 7 nitrogen and oxygen atoms in total. The quantitative estimate of drug-likeness (QED) is 0.656. The van der Waals surface area contributed by atoms with Crippen molar-refractivity contribution in [2.24, 2.45) is 5.92 Å². The van der Waals surface area contributed by atoms with Gasteiger partial charge in [-0.15, -0.1) is 0 Å². The van der Waals surface area contributed by atoms with Crippen molar-refractivity contribution in [3.63, 3.8) is 0 Å². The first-order valence-electron chi connectivity index (χ1n) is 9.91. The lowest BCUT2D eigenvalue weighted by atomic mass is 10.1. The average Bonchev–Trinajstić information content (AvgIpc) is 3.31. The number of nitrogens with two attached hydrogens (primary N) is 1. The highest BCUT2D eigenvalue weighted by Crippen LogP contribution is 2.30. The summed E-state index contributed by atoms with van der Waals surface area (Å²) in [6, 6.07) is 7.60. The predicted molar refractivity (Wildman–Crippen MR) is 108 cm³/mol. The largest absolute Gasteiger partial charge is 0.462 e. The Kier molecular flexibility index (Phi) is 5.17. The number of carbonyl (C=O) groups excluding carboxylic acids is 1. The summed E-state index contributed by atoms with van der Waals surface area (Å²) in [7, 11) is 0. The van der Waals surface area contributed by atoms with E-state index >= 15 is 0 Å². The first-order chi connectivity index (χ1) is 13.6. The van der Waals surface area contributed by atoms with Gasteiger partial charge in [0, 0.05) is 6.61 Å². The molecule has 2 aromatic heterocycles. The van der Waals surface area contributed by atoms with Gasteiger partial charge in [-0.3, -0.25) is 0 Å². The second-order valence-corrected chi connectivity index (χ2v) is 7.50. The highest BCUT2D eigenvalue weighted by molar-refractivity contribution is 6.08. The number of fused-ring (bicyclic) bond motifs is 2. The molecule has 0 unspecified atom stereocenters. The van der Waals surface area contributed by atoms with Crippen molar-refractivity contribution >= 4 is 34.0 Å². The van der Waals surface area contributed by atoms with E-state index < -0.39 is 5.97 Å². The van der Waals surface area contributed by atoms with Crippen molar-refractivity contribution in [2.75, 3.05) is 18.9 Å². The van der Waals surface area contributed by atoms with Crippen molar-refractivity contribution in [1.29, 1.82) is 0 Å². The van der Waals surface area contributed by atoms with Gasteiger partial charge < -0.3 is 19.8 Å². The van der Waals surface area contributed by atoms with Gasteiger partial charge in [0.15, 0.2) is 5.65 Å². The van der Waals surface area contributed by atoms with Crippen LogP contribution < -0.4 is 5.73 Å². The lowest BCUT2D eigenvalue weighted by molar-refractivity contribution is 0.0450. The Hall–Kier alpha value is -2.67. The van der Waals surface area contributed by atoms with Crippen LogP contribution in [0.25, 0.3) is 22.2 Å². The van der Waals surface area contributed by atoms with Crippen LogP contribution in [0.15, 0.2) is 24.3 Å². The van der Waals surface area contributed by atoms with Gasteiger partial charge in [-0.1, -0.05) is 32.4 Å². The molecule has 0 radical (unpaired) electrons. The molecule has 1 fully saturated rings. The third-order valence-corrected chi connectivity index (χ3v) is 5.40. The number of nitrogen functional groups attached to an aromatic ring is 1. The van der Waals surface area contributed by atoms with Crippen LogP contribution in [0.2, 0.25) is 0 Å². The third kappa shape index (κ3) is 3.42. The molecule has 1 aliphatic heterocycles. The first-order valence-corrected chi connectivity index (χ1v) is 9.91. The van der Waals surface area contributed by atoms with Crippen LogP contribution in [-0.2, 0) is 16.0 Å². The van der Waals surface area contributed by atoms with E-state index in [0.29, 0.717) is 35.7 Å². The van der Waals surface area contributed by atoms with Crippen molar-refractivity contribution in [1.82, 2.24) is 14.5 Å². The number of rotatable bonds is 6. The van der Waals surface area contributed by atoms with Gasteiger partial charge in [0.2, 0.25) is 0 Å². The van der Waals surface area contributed by atoms with Crippen LogP contribution in [0.4, 0.5) is 5.82 Å². The summed E-state index contributed by atoms with van der Waals surface area (Å²) in [6.07, 6.45) is 3.00. The van der Waals surface area contributed by atoms with Crippen LogP contribution >= 0.6 is 0 Å². The number of para-hydroxylation sites is 2. The molecule has 28 heavy (non-hydrogen) atoms. The molecular weight excluding hydrogens is 356 g/mol. The van der Waals surface area contributed by atoms with Gasteiger partial charge in [-0.25, -0.2) is 14.8 Å². The molecule has 0 bridgehead atoms. The lowest BCUT2D eigenvalue weighted by Crippen LogP contribution is -2.18. The summed E-state index contributed by atoms with van der Waals surface area (Å²) in [4.78, 5) is 22.3. The Bertz CT molecular complexity index is 1010. The second-order valence-electron chi connectivity index (χ2n) is 7.50. The smallest absolute Gasteiger partial charge is 0.344 e. The van der Waals surface area contributed by atoms with Crippen LogP contribution in [0.3, 0.4) is 0 Å². The van der Waals surface area contributed by atoms with E-state index in [-0.39, 0.29) is 12.0 Å². The minimum atomic E-state index is -0.446. The number of esters is 1. The molecule has 2 N–H and O–H groups in total. The lowest BCUT2D eigenvalue weighted by Gasteiger charge is -2.13. The predicted octanol–water partition coefficient (Wildman–Crippen LogP) is 3.55. The summed E-state index contributed by atoms with van der Waals surface area (Å²) in [5.74, 6) is 0.186. The van der Waals surface area contributed by atoms with E-state index in [1.54, 1.807) is 0 Å². The molecule has 0 saturated carbocycles. The normalized spacial score (nSPS) is 18.0. The number of nitrogens with zero attached hydrogens (tertiary/aromatic N) is 3. The summed E-state index contributed by atoms with van der Waals surface area (Å²) in [6.45, 7) is 5.77. The minimum absolute atomic E-state index is 0.0650. The van der Waals surface area contributed by atoms with Gasteiger partial charge in [0.25, 0.3) is 0 Å². The fourth-order valence-electron chi connectivity index (χ4n) is 3.50. The third-order valence-electron chi connectivity index (χ3n) is 5.40. The highest BCUT2D eigenvalue weighted by atomic mass is 16.5. The number of hydrogen-bond acceptors (Lipinski definition) is 6. The highest BCUT2D eigenvalue weighted by Gasteiger charge is 2.27. The summed E-state index contributed by atoms with van der Waals surface area (Å²) in [5.41, 5.74) is 9.30. The number of benzene rings is 1. The maximum absolute atomic E-state index is 12.9. The zero-order valence-electron chi connectivity index (χ0n) is 16.4. The van der Waals surface area contributed by atoms with E-state index in [2.05, 4.69) is 6.92 Å². The molecule has 148 valence electrons. The van der Waals surface area contributed by atoms with Gasteiger partial charge in [0.1, 0.15) is 16.9 Å². The second kappa shape index (κ2) is 7.75. The summed E-state index contributed by atoms with van der Waals surface area (Å²) < 4.78 is 13.2. The molecule has 7 heteroatoms. The van der Waals surface area contributed by atoms with Crippen LogP contribution in [0, 0.1) is 5.92 Å². The Morgan fingerprint density at radius 3 is 2.79 bits per heavy atom. The monoisotopic (exact) mass is 382 g/mol. The summed E-state index contributed by atoms with van der Waals surface area (Å²) in [5, 5.41) is 0. The van der Waals surface area contributed by atoms with Crippen LogP contribution in [0.1, 0.15) is 43.5 Å². The zero-order valence-corrected chi connectivity index (χ0v) is 16.4. The molecule has 4 rings (SSSR count). The molecule has 0 aliphatic carbocycles. The Balaban J connectivity index is 1.81. The fourth-order valence-corrected chi connectivity index (χ4v) is 3.50. The van der Waals surface area contributed by atoms with Gasteiger partial charge >= 0.3 is 5.97 Å². The molecule has 2 atom stereocenters. The number of carbonyl (C=O) groups is 1. The topological polar surface area (TPSA) is 92.3 Å². The zero-order chi connectivity index (χ0) is 19.7. The van der Waals surface area contributed by atoms with Gasteiger partial charge in [-0.2, -0.15) is 0 Å². The molecule has 0 amide bonds. The average molecular weight is 382 g/mol. The number of ether oxygens (including phenoxy) is 2. The maximum atomic E-state index is 12.9. The van der Waals surface area contributed by atoms with E-state index in [9.17, 15) is 4.79 Å². The Labute approximate surface area is 163 Å². The fraction of sp³-hybridized carbons (Fsp3) is 0.476. The number of aromatic nitrogens is 3. The Morgan fingerprint density at radius 2 is 2.11 bits per heavy atom. The van der Waals surface area contributed by atoms with Crippen molar-refractivity contribution < 1.29 is 14.3 Å². The maximum Gasteiger partial charge on any atom is 0.344 e. The molecule has 0 spiro atoms. The van der Waals surface area contributed by atoms with E-state index in [4.69, 9.17) is 25.2 Å². The summed E-state index contributed by atoms with van der Waals surface area (Å²) >= 11 is 0. The number of hydrogen-bond donors (Lipinski definition) is 1. The van der Waals surface area contributed by atoms with E-state index in [1.165, 1.54) is 0 Å². The number of anilines is 1. The molecule has 1 aromatic carbocycles. The van der Waals surface area contributed by atoms with Crippen LogP contribution in [-0.4, -0.2) is 39.8 Å². The van der Waals surface area contributed by atoms with E-state index in [0.717, 1.165) is 36.9 Å². The molecule has 1 aliphatic rings. The molecular formula is C21H26N4O3. The van der Waals surface area contributed by atoms with Crippen molar-refractivity contribution in [3.05, 3.63) is 29.8 Å². The standard InChI is InChI=1S/C21H26N4O3/c1-3-13(2)12-28-21(26)17-18-20(24-16-9-5-4-8-15(16)23-18)25(19(17)22)11-14-7-6-10-27-14/h4-5,8-9,13-14H,3,6-7,10-12,22H2,1-2H3/t13-,14-/m1/s1. The van der Waals surface area contributed by atoms with Gasteiger partial charge in [-0.05, 0) is 30.9 Å². The molecule has 3 heterocycles. The minimum Gasteiger partial charge on any atom is -0.462 e. The first kappa shape index (κ1) is 18.7. The molecule has 1 saturated heterocycles. The van der Waals surface area contributed by atoms with Gasteiger partial charge in [0.05, 0.1) is 30.3 Å². The Morgan fingerprint density at radius 1 is 1.36 bits per heavy atom. The SMILES string of the molecule is CC[C@@H](C)COC(=O)c1c(N)n(C[C@H]2CCCO2)c2nc3ccccc3nc12. The van der Waals surface area contributed by atoms with Crippen LogP contribution in [0.5, 0.6) is 0 Å². The molecule has 3 aromatic rings. The van der Waals surface area contributed by atoms with Crippen molar-refractivity contribution in [3.8, 4) is 0 Å². The van der Waals surface area contributed by atoms with Crippen molar-refractivity contribution in [2.45, 2.75) is 45.8 Å². The van der Waals surface area contributed by atoms with E-state index in [1.807, 2.05) is 35.8 Å².